The molecule has 22 heavy (non-hydrogen) atoms. The fraction of sp³-hybridized carbons (Fsp3) is 0.0625. The molecule has 0 bridgehead atoms. The van der Waals surface area contributed by atoms with E-state index in [2.05, 4.69) is 14.9 Å². The summed E-state index contributed by atoms with van der Waals surface area (Å²) in [5.41, 5.74) is 2.91. The monoisotopic (exact) mass is 298 g/mol. The number of pyridine rings is 2. The van der Waals surface area contributed by atoms with Crippen molar-refractivity contribution in [3.63, 3.8) is 0 Å². The molecule has 0 amide bonds. The second-order valence-corrected chi connectivity index (χ2v) is 4.32. The maximum absolute atomic E-state index is 10.5. The van der Waals surface area contributed by atoms with Gasteiger partial charge in [-0.3, -0.25) is 15.2 Å². The summed E-state index contributed by atoms with van der Waals surface area (Å²) in [7, 11) is 0. The van der Waals surface area contributed by atoms with Crippen LogP contribution in [0.2, 0.25) is 0 Å². The predicted molar refractivity (Wildman–Crippen MR) is 81.8 cm³/mol. The van der Waals surface area contributed by atoms with E-state index in [1.54, 1.807) is 36.7 Å². The van der Waals surface area contributed by atoms with E-state index in [-0.39, 0.29) is 6.61 Å². The van der Waals surface area contributed by atoms with E-state index in [0.717, 1.165) is 17.2 Å². The number of hydrogen-bond acceptors (Lipinski definition) is 5. The maximum atomic E-state index is 10.5. The van der Waals surface area contributed by atoms with Crippen LogP contribution < -0.4 is 0 Å². The highest BCUT2D eigenvalue weighted by Gasteiger charge is 2.02. The van der Waals surface area contributed by atoms with E-state index >= 15 is 0 Å². The number of carboxylic acid groups (broad SMARTS) is 1. The van der Waals surface area contributed by atoms with Crippen molar-refractivity contribution in [3.8, 4) is 11.4 Å². The molecule has 112 valence electrons. The van der Waals surface area contributed by atoms with Gasteiger partial charge >= 0.3 is 5.97 Å². The fourth-order valence-corrected chi connectivity index (χ4v) is 1.78. The van der Waals surface area contributed by atoms with Crippen LogP contribution in [0.25, 0.3) is 23.5 Å². The highest BCUT2D eigenvalue weighted by Crippen LogP contribution is 2.18. The molecule has 0 spiro atoms. The molecule has 0 aliphatic carbocycles. The Balaban J connectivity index is 2.26. The summed E-state index contributed by atoms with van der Waals surface area (Å²) in [6, 6.07) is 7.11. The molecular formula is C16H14N2O4. The second-order valence-electron chi connectivity index (χ2n) is 4.32. The largest absolute Gasteiger partial charge is 0.478 e. The molecule has 0 aliphatic rings. The van der Waals surface area contributed by atoms with Gasteiger partial charge in [-0.15, -0.1) is 0 Å². The first-order valence-corrected chi connectivity index (χ1v) is 6.45. The number of carbonyl (C=O) groups is 1. The van der Waals surface area contributed by atoms with Crippen LogP contribution in [0.15, 0.2) is 48.8 Å². The first-order chi connectivity index (χ1) is 10.7. The molecule has 0 atom stereocenters. The zero-order chi connectivity index (χ0) is 15.8. The van der Waals surface area contributed by atoms with Crippen molar-refractivity contribution in [1.82, 2.24) is 9.97 Å². The van der Waals surface area contributed by atoms with Gasteiger partial charge in [0, 0.05) is 18.5 Å². The van der Waals surface area contributed by atoms with Gasteiger partial charge in [0.25, 0.3) is 0 Å². The van der Waals surface area contributed by atoms with E-state index in [4.69, 9.17) is 10.4 Å². The number of aliphatic carboxylic acids is 1. The maximum Gasteiger partial charge on any atom is 0.328 e. The third kappa shape index (κ3) is 4.62. The van der Waals surface area contributed by atoms with E-state index in [0.29, 0.717) is 11.4 Å². The number of nitrogens with zero attached hydrogens (tertiary/aromatic N) is 2. The van der Waals surface area contributed by atoms with Gasteiger partial charge in [-0.25, -0.2) is 9.68 Å². The highest BCUT2D eigenvalue weighted by molar-refractivity contribution is 5.85. The van der Waals surface area contributed by atoms with Crippen LogP contribution in [0.5, 0.6) is 0 Å². The number of rotatable bonds is 6. The van der Waals surface area contributed by atoms with Gasteiger partial charge in [0.05, 0.1) is 11.4 Å². The van der Waals surface area contributed by atoms with Gasteiger partial charge in [0.2, 0.25) is 0 Å². The zero-order valence-corrected chi connectivity index (χ0v) is 11.6. The quantitative estimate of drug-likeness (QED) is 0.484. The Morgan fingerprint density at radius 2 is 1.68 bits per heavy atom. The summed E-state index contributed by atoms with van der Waals surface area (Å²) >= 11 is 0. The van der Waals surface area contributed by atoms with E-state index in [9.17, 15) is 4.79 Å². The predicted octanol–water partition coefficient (Wildman–Crippen LogP) is 2.74. The molecule has 2 N–H and O–H groups in total. The molecule has 0 saturated heterocycles. The molecule has 0 aromatic carbocycles. The van der Waals surface area contributed by atoms with E-state index in [1.165, 1.54) is 6.08 Å². The van der Waals surface area contributed by atoms with Crippen molar-refractivity contribution >= 4 is 18.1 Å². The minimum atomic E-state index is -1.00. The van der Waals surface area contributed by atoms with Crippen LogP contribution in [0.3, 0.4) is 0 Å². The van der Waals surface area contributed by atoms with Gasteiger partial charge in [0.15, 0.2) is 0 Å². The van der Waals surface area contributed by atoms with Gasteiger partial charge in [-0.2, -0.15) is 0 Å². The molecular weight excluding hydrogens is 284 g/mol. The Kier molecular flexibility index (Phi) is 5.53. The zero-order valence-electron chi connectivity index (χ0n) is 11.6. The molecule has 0 aliphatic heterocycles. The Morgan fingerprint density at radius 3 is 2.23 bits per heavy atom. The summed E-state index contributed by atoms with van der Waals surface area (Å²) in [6.45, 7) is 0.103. The molecule has 2 aromatic heterocycles. The van der Waals surface area contributed by atoms with Crippen molar-refractivity contribution in [2.45, 2.75) is 0 Å². The lowest BCUT2D eigenvalue weighted by atomic mass is 10.1. The van der Waals surface area contributed by atoms with Crippen LogP contribution in [-0.4, -0.2) is 32.9 Å². The molecule has 2 aromatic rings. The Labute approximate surface area is 127 Å². The molecule has 0 radical (unpaired) electrons. The van der Waals surface area contributed by atoms with Crippen LogP contribution >= 0.6 is 0 Å². The summed E-state index contributed by atoms with van der Waals surface area (Å²) in [6.07, 6.45) is 9.27. The van der Waals surface area contributed by atoms with E-state index < -0.39 is 5.97 Å². The minimum Gasteiger partial charge on any atom is -0.478 e. The number of hydrogen-bond donors (Lipinski definition) is 2. The SMILES string of the molecule is O=C(O)C=Cc1ccnc(-c2cc(C=CCOO)ccn2)c1. The standard InChI is InChI=1S/C16H14N2O4/c19-16(20)4-3-13-6-8-18-15(11-13)14-10-12(5-7-17-14)2-1-9-22-21/h1-8,10-11,21H,9H2,(H,19,20). The summed E-state index contributed by atoms with van der Waals surface area (Å²) in [4.78, 5) is 23.0. The smallest absolute Gasteiger partial charge is 0.328 e. The average molecular weight is 298 g/mol. The van der Waals surface area contributed by atoms with Crippen molar-refractivity contribution in [2.75, 3.05) is 6.61 Å². The number of carboxylic acids is 1. The first kappa shape index (κ1) is 15.6. The number of aromatic nitrogens is 2. The Hall–Kier alpha value is -2.83. The summed E-state index contributed by atoms with van der Waals surface area (Å²) < 4.78 is 0. The first-order valence-electron chi connectivity index (χ1n) is 6.45. The molecule has 0 saturated carbocycles. The van der Waals surface area contributed by atoms with Crippen molar-refractivity contribution in [3.05, 3.63) is 59.9 Å². The topological polar surface area (TPSA) is 92.5 Å². The lowest BCUT2D eigenvalue weighted by Gasteiger charge is -2.02. The fourth-order valence-electron chi connectivity index (χ4n) is 1.78. The van der Waals surface area contributed by atoms with Crippen molar-refractivity contribution < 1.29 is 20.0 Å². The lowest BCUT2D eigenvalue weighted by molar-refractivity contribution is -0.231. The second kappa shape index (κ2) is 7.82. The lowest BCUT2D eigenvalue weighted by Crippen LogP contribution is -1.90. The molecule has 0 unspecified atom stereocenters. The highest BCUT2D eigenvalue weighted by atomic mass is 17.1. The van der Waals surface area contributed by atoms with Gasteiger partial charge in [-0.1, -0.05) is 12.2 Å². The third-order valence-electron chi connectivity index (χ3n) is 2.73. The van der Waals surface area contributed by atoms with Gasteiger partial charge < -0.3 is 5.11 Å². The molecule has 0 fully saturated rings. The Morgan fingerprint density at radius 1 is 1.09 bits per heavy atom. The van der Waals surface area contributed by atoms with Gasteiger partial charge in [-0.05, 0) is 41.5 Å². The molecule has 6 heteroatoms. The van der Waals surface area contributed by atoms with Crippen LogP contribution in [0.1, 0.15) is 11.1 Å². The minimum absolute atomic E-state index is 0.103. The van der Waals surface area contributed by atoms with Gasteiger partial charge in [0.1, 0.15) is 6.61 Å². The average Bonchev–Trinajstić information content (AvgIpc) is 2.54. The third-order valence-corrected chi connectivity index (χ3v) is 2.73. The van der Waals surface area contributed by atoms with Crippen LogP contribution in [-0.2, 0) is 9.68 Å². The molecule has 2 heterocycles. The molecule has 2 rings (SSSR count). The van der Waals surface area contributed by atoms with E-state index in [1.807, 2.05) is 12.1 Å². The Bertz CT molecular complexity index is 711. The normalized spacial score (nSPS) is 11.3. The summed E-state index contributed by atoms with van der Waals surface area (Å²) in [5.74, 6) is -1.00. The van der Waals surface area contributed by atoms with Crippen molar-refractivity contribution in [1.29, 1.82) is 0 Å². The summed E-state index contributed by atoms with van der Waals surface area (Å²) in [5, 5.41) is 16.9. The van der Waals surface area contributed by atoms with Crippen LogP contribution in [0.4, 0.5) is 0 Å². The van der Waals surface area contributed by atoms with Crippen molar-refractivity contribution in [2.24, 2.45) is 0 Å². The molecule has 6 nitrogen and oxygen atoms in total. The van der Waals surface area contributed by atoms with Crippen LogP contribution in [0, 0.1) is 0 Å².